The van der Waals surface area contributed by atoms with E-state index in [-0.39, 0.29) is 11.8 Å². The molecule has 0 atom stereocenters. The van der Waals surface area contributed by atoms with E-state index in [9.17, 15) is 5.11 Å². The first-order valence-electron chi connectivity index (χ1n) is 6.53. The average Bonchev–Trinajstić information content (AvgIpc) is 2.77. The molecule has 0 aliphatic carbocycles. The van der Waals surface area contributed by atoms with Gasteiger partial charge in [0.15, 0.2) is 0 Å². The molecule has 1 heterocycles. The Balaban J connectivity index is 2.28. The van der Waals surface area contributed by atoms with E-state index in [1.807, 2.05) is 30.3 Å². The fourth-order valence-electron chi connectivity index (χ4n) is 2.41. The lowest BCUT2D eigenvalue weighted by Gasteiger charge is -2.13. The summed E-state index contributed by atoms with van der Waals surface area (Å²) in [5.74, 6) is 1.14. The standard InChI is InChI=1S/C16H15ClN2O/c1-10(2)19-15-8-5-12(17)9-14(15)18-16(19)11-3-6-13(20)7-4-11/h3-10,20H,1-2H3. The van der Waals surface area contributed by atoms with E-state index in [1.54, 1.807) is 12.1 Å². The minimum Gasteiger partial charge on any atom is -0.508 e. The summed E-state index contributed by atoms with van der Waals surface area (Å²) in [6.45, 7) is 4.25. The second kappa shape index (κ2) is 4.84. The van der Waals surface area contributed by atoms with Crippen molar-refractivity contribution in [1.29, 1.82) is 0 Å². The van der Waals surface area contributed by atoms with Gasteiger partial charge in [-0.1, -0.05) is 11.6 Å². The van der Waals surface area contributed by atoms with Gasteiger partial charge in [0.1, 0.15) is 11.6 Å². The maximum absolute atomic E-state index is 9.41. The molecule has 4 heteroatoms. The van der Waals surface area contributed by atoms with E-state index >= 15 is 0 Å². The van der Waals surface area contributed by atoms with Crippen molar-refractivity contribution >= 4 is 22.6 Å². The number of phenolic OH excluding ortho intramolecular Hbond substituents is 1. The summed E-state index contributed by atoms with van der Waals surface area (Å²) < 4.78 is 2.18. The molecule has 3 aromatic rings. The Kier molecular flexibility index (Phi) is 3.14. The topological polar surface area (TPSA) is 38.0 Å². The summed E-state index contributed by atoms with van der Waals surface area (Å²) in [5, 5.41) is 10.1. The molecule has 0 fully saturated rings. The van der Waals surface area contributed by atoms with Crippen molar-refractivity contribution in [3.05, 3.63) is 47.5 Å². The highest BCUT2D eigenvalue weighted by Gasteiger charge is 2.15. The van der Waals surface area contributed by atoms with Gasteiger partial charge in [-0.05, 0) is 56.3 Å². The number of fused-ring (bicyclic) bond motifs is 1. The molecule has 2 aromatic carbocycles. The van der Waals surface area contributed by atoms with Crippen molar-refractivity contribution in [3.63, 3.8) is 0 Å². The Morgan fingerprint density at radius 1 is 1.10 bits per heavy atom. The van der Waals surface area contributed by atoms with Gasteiger partial charge in [0.05, 0.1) is 11.0 Å². The van der Waals surface area contributed by atoms with Gasteiger partial charge in [0.2, 0.25) is 0 Å². The van der Waals surface area contributed by atoms with Crippen molar-refractivity contribution < 1.29 is 5.11 Å². The van der Waals surface area contributed by atoms with Crippen LogP contribution in [0.15, 0.2) is 42.5 Å². The lowest BCUT2D eigenvalue weighted by molar-refractivity contribution is 0.475. The lowest BCUT2D eigenvalue weighted by atomic mass is 10.2. The summed E-state index contributed by atoms with van der Waals surface area (Å²) in [4.78, 5) is 4.69. The van der Waals surface area contributed by atoms with E-state index in [4.69, 9.17) is 16.6 Å². The number of hydrogen-bond acceptors (Lipinski definition) is 2. The predicted molar refractivity (Wildman–Crippen MR) is 82.2 cm³/mol. The van der Waals surface area contributed by atoms with Gasteiger partial charge in [-0.2, -0.15) is 0 Å². The van der Waals surface area contributed by atoms with Crippen LogP contribution >= 0.6 is 11.6 Å². The number of aromatic nitrogens is 2. The molecule has 3 rings (SSSR count). The number of aromatic hydroxyl groups is 1. The number of benzene rings is 2. The van der Waals surface area contributed by atoms with E-state index in [0.29, 0.717) is 5.02 Å². The van der Waals surface area contributed by atoms with Gasteiger partial charge in [0, 0.05) is 16.6 Å². The summed E-state index contributed by atoms with van der Waals surface area (Å²) in [7, 11) is 0. The second-order valence-electron chi connectivity index (χ2n) is 5.08. The molecule has 0 bridgehead atoms. The number of hydrogen-bond donors (Lipinski definition) is 1. The number of phenols is 1. The van der Waals surface area contributed by atoms with Crippen LogP contribution in [0.2, 0.25) is 5.02 Å². The lowest BCUT2D eigenvalue weighted by Crippen LogP contribution is -2.02. The SMILES string of the molecule is CC(C)n1c(-c2ccc(O)cc2)nc2cc(Cl)ccc21. The smallest absolute Gasteiger partial charge is 0.141 e. The molecular weight excluding hydrogens is 272 g/mol. The molecule has 0 spiro atoms. The summed E-state index contributed by atoms with van der Waals surface area (Å²) in [6, 6.07) is 13.1. The molecule has 1 aromatic heterocycles. The number of halogens is 1. The van der Waals surface area contributed by atoms with E-state index in [2.05, 4.69) is 18.4 Å². The van der Waals surface area contributed by atoms with Crippen LogP contribution in [0.25, 0.3) is 22.4 Å². The van der Waals surface area contributed by atoms with Crippen LogP contribution in [0.4, 0.5) is 0 Å². The normalized spacial score (nSPS) is 11.4. The first kappa shape index (κ1) is 13.0. The third-order valence-corrected chi connectivity index (χ3v) is 3.53. The maximum Gasteiger partial charge on any atom is 0.141 e. The van der Waals surface area contributed by atoms with Crippen LogP contribution in [0, 0.1) is 0 Å². The van der Waals surface area contributed by atoms with Crippen LogP contribution in [-0.4, -0.2) is 14.7 Å². The van der Waals surface area contributed by atoms with Crippen molar-refractivity contribution in [1.82, 2.24) is 9.55 Å². The summed E-state index contributed by atoms with van der Waals surface area (Å²) in [6.07, 6.45) is 0. The highest BCUT2D eigenvalue weighted by molar-refractivity contribution is 6.31. The van der Waals surface area contributed by atoms with Gasteiger partial charge in [-0.3, -0.25) is 0 Å². The molecule has 0 aliphatic heterocycles. The Bertz CT molecular complexity index is 760. The zero-order valence-electron chi connectivity index (χ0n) is 11.3. The van der Waals surface area contributed by atoms with E-state index in [0.717, 1.165) is 22.4 Å². The minimum atomic E-state index is 0.254. The maximum atomic E-state index is 9.41. The van der Waals surface area contributed by atoms with Crippen molar-refractivity contribution in [3.8, 4) is 17.1 Å². The predicted octanol–water partition coefficient (Wildman–Crippen LogP) is 4.64. The molecule has 0 aliphatic rings. The van der Waals surface area contributed by atoms with Crippen LogP contribution < -0.4 is 0 Å². The third-order valence-electron chi connectivity index (χ3n) is 3.29. The zero-order chi connectivity index (χ0) is 14.3. The van der Waals surface area contributed by atoms with Crippen LogP contribution in [0.1, 0.15) is 19.9 Å². The van der Waals surface area contributed by atoms with Gasteiger partial charge in [-0.15, -0.1) is 0 Å². The van der Waals surface area contributed by atoms with Gasteiger partial charge in [-0.25, -0.2) is 4.98 Å². The Morgan fingerprint density at radius 2 is 1.80 bits per heavy atom. The fourth-order valence-corrected chi connectivity index (χ4v) is 2.58. The fraction of sp³-hybridized carbons (Fsp3) is 0.188. The minimum absolute atomic E-state index is 0.254. The molecular formula is C16H15ClN2O. The van der Waals surface area contributed by atoms with Gasteiger partial charge >= 0.3 is 0 Å². The number of rotatable bonds is 2. The first-order valence-corrected chi connectivity index (χ1v) is 6.91. The van der Waals surface area contributed by atoms with Crippen molar-refractivity contribution in [2.24, 2.45) is 0 Å². The van der Waals surface area contributed by atoms with Crippen LogP contribution in [-0.2, 0) is 0 Å². The highest BCUT2D eigenvalue weighted by atomic mass is 35.5. The molecule has 20 heavy (non-hydrogen) atoms. The largest absolute Gasteiger partial charge is 0.508 e. The van der Waals surface area contributed by atoms with Crippen LogP contribution in [0.5, 0.6) is 5.75 Å². The average molecular weight is 287 g/mol. The Labute approximate surface area is 122 Å². The highest BCUT2D eigenvalue weighted by Crippen LogP contribution is 2.30. The second-order valence-corrected chi connectivity index (χ2v) is 5.52. The quantitative estimate of drug-likeness (QED) is 0.745. The zero-order valence-corrected chi connectivity index (χ0v) is 12.1. The summed E-state index contributed by atoms with van der Waals surface area (Å²) >= 11 is 6.04. The number of imidazole rings is 1. The molecule has 0 amide bonds. The molecule has 3 nitrogen and oxygen atoms in total. The third kappa shape index (κ3) is 2.14. The van der Waals surface area contributed by atoms with Crippen molar-refractivity contribution in [2.45, 2.75) is 19.9 Å². The molecule has 102 valence electrons. The summed E-state index contributed by atoms with van der Waals surface area (Å²) in [5.41, 5.74) is 2.92. The van der Waals surface area contributed by atoms with E-state index in [1.165, 1.54) is 0 Å². The van der Waals surface area contributed by atoms with Gasteiger partial charge in [0.25, 0.3) is 0 Å². The molecule has 0 radical (unpaired) electrons. The molecule has 0 saturated carbocycles. The van der Waals surface area contributed by atoms with E-state index < -0.39 is 0 Å². The number of nitrogens with zero attached hydrogens (tertiary/aromatic N) is 2. The Morgan fingerprint density at radius 3 is 2.45 bits per heavy atom. The monoisotopic (exact) mass is 286 g/mol. The van der Waals surface area contributed by atoms with Crippen molar-refractivity contribution in [2.75, 3.05) is 0 Å². The van der Waals surface area contributed by atoms with Crippen LogP contribution in [0.3, 0.4) is 0 Å². The van der Waals surface area contributed by atoms with Gasteiger partial charge < -0.3 is 9.67 Å². The molecule has 0 saturated heterocycles. The molecule has 0 unspecified atom stereocenters. The molecule has 1 N–H and O–H groups in total. The Hall–Kier alpha value is -2.00. The first-order chi connectivity index (χ1) is 9.56.